The summed E-state index contributed by atoms with van der Waals surface area (Å²) in [4.78, 5) is 27.2. The Labute approximate surface area is 115 Å². The van der Waals surface area contributed by atoms with Crippen LogP contribution >= 0.6 is 0 Å². The van der Waals surface area contributed by atoms with Crippen LogP contribution in [0.4, 0.5) is 0 Å². The Balaban J connectivity index is 2.18. The molecule has 0 radical (unpaired) electrons. The van der Waals surface area contributed by atoms with Gasteiger partial charge in [0.2, 0.25) is 5.91 Å². The first kappa shape index (κ1) is 13.7. The molecule has 2 N–H and O–H groups in total. The molecule has 0 aliphatic carbocycles. The molecule has 0 aliphatic heterocycles. The normalized spacial score (nSPS) is 13.4. The fraction of sp³-hybridized carbons (Fsp3) is 0.231. The largest absolute Gasteiger partial charge is 0.479 e. The van der Waals surface area contributed by atoms with Crippen molar-refractivity contribution in [1.82, 2.24) is 20.1 Å². The number of benzene rings is 1. The summed E-state index contributed by atoms with van der Waals surface area (Å²) in [6, 6.07) is 8.54. The lowest BCUT2D eigenvalue weighted by Crippen LogP contribution is -2.50. The Morgan fingerprint density at radius 2 is 2.05 bits per heavy atom. The Kier molecular flexibility index (Phi) is 3.79. The number of nitrogens with zero attached hydrogens (tertiary/aromatic N) is 3. The van der Waals surface area contributed by atoms with Crippen molar-refractivity contribution >= 4 is 11.9 Å². The van der Waals surface area contributed by atoms with Crippen molar-refractivity contribution in [1.29, 1.82) is 0 Å². The summed E-state index contributed by atoms with van der Waals surface area (Å²) in [5.41, 5.74) is -0.988. The van der Waals surface area contributed by atoms with Gasteiger partial charge in [-0.2, -0.15) is 5.10 Å². The van der Waals surface area contributed by atoms with Crippen LogP contribution in [0.2, 0.25) is 0 Å². The highest BCUT2D eigenvalue weighted by Gasteiger charge is 2.36. The van der Waals surface area contributed by atoms with Crippen molar-refractivity contribution in [2.45, 2.75) is 19.0 Å². The lowest BCUT2D eigenvalue weighted by molar-refractivity contribution is -0.147. The van der Waals surface area contributed by atoms with Crippen LogP contribution in [0.15, 0.2) is 43.0 Å². The highest BCUT2D eigenvalue weighted by Crippen LogP contribution is 2.20. The molecule has 7 nitrogen and oxygen atoms in total. The monoisotopic (exact) mass is 274 g/mol. The van der Waals surface area contributed by atoms with E-state index < -0.39 is 17.4 Å². The lowest BCUT2D eigenvalue weighted by Gasteiger charge is -2.26. The van der Waals surface area contributed by atoms with Crippen molar-refractivity contribution in [2.24, 2.45) is 0 Å². The fourth-order valence-electron chi connectivity index (χ4n) is 1.80. The summed E-state index contributed by atoms with van der Waals surface area (Å²) < 4.78 is 1.32. The number of aromatic nitrogens is 3. The summed E-state index contributed by atoms with van der Waals surface area (Å²) in [6.45, 7) is 1.36. The average molecular weight is 274 g/mol. The van der Waals surface area contributed by atoms with Crippen LogP contribution in [0.5, 0.6) is 0 Å². The number of amides is 1. The smallest absolute Gasteiger partial charge is 0.333 e. The Morgan fingerprint density at radius 1 is 1.35 bits per heavy atom. The van der Waals surface area contributed by atoms with Crippen LogP contribution in [0.3, 0.4) is 0 Å². The first-order valence-electron chi connectivity index (χ1n) is 5.95. The van der Waals surface area contributed by atoms with E-state index in [2.05, 4.69) is 15.4 Å². The second-order valence-corrected chi connectivity index (χ2v) is 4.44. The SMILES string of the molecule is CC(NC(=O)Cn1cncn1)(C(=O)O)c1ccccc1. The standard InChI is InChI=1S/C13H14N4O3/c1-13(12(19)20,10-5-3-2-4-6-10)16-11(18)7-17-9-14-8-15-17/h2-6,8-9H,7H2,1H3,(H,16,18)(H,19,20). The maximum absolute atomic E-state index is 11.9. The van der Waals surface area contributed by atoms with Crippen LogP contribution in [-0.2, 0) is 21.7 Å². The summed E-state index contributed by atoms with van der Waals surface area (Å²) in [7, 11) is 0. The summed E-state index contributed by atoms with van der Waals surface area (Å²) in [6.07, 6.45) is 2.70. The van der Waals surface area contributed by atoms with Crippen LogP contribution in [0, 0.1) is 0 Å². The molecule has 0 bridgehead atoms. The summed E-state index contributed by atoms with van der Waals surface area (Å²) in [5, 5.41) is 15.7. The van der Waals surface area contributed by atoms with Gasteiger partial charge in [-0.3, -0.25) is 4.79 Å². The quantitative estimate of drug-likeness (QED) is 0.822. The fourth-order valence-corrected chi connectivity index (χ4v) is 1.80. The molecule has 0 fully saturated rings. The van der Waals surface area contributed by atoms with E-state index in [1.165, 1.54) is 24.3 Å². The molecule has 1 aromatic carbocycles. The van der Waals surface area contributed by atoms with Gasteiger partial charge in [0.05, 0.1) is 0 Å². The van der Waals surface area contributed by atoms with Gasteiger partial charge in [0.15, 0.2) is 5.54 Å². The van der Waals surface area contributed by atoms with E-state index in [-0.39, 0.29) is 6.54 Å². The molecule has 0 aliphatic rings. The minimum atomic E-state index is -1.49. The van der Waals surface area contributed by atoms with E-state index in [1.54, 1.807) is 30.3 Å². The maximum Gasteiger partial charge on any atom is 0.333 e. The number of aliphatic carboxylic acids is 1. The second-order valence-electron chi connectivity index (χ2n) is 4.44. The third kappa shape index (κ3) is 2.82. The zero-order valence-corrected chi connectivity index (χ0v) is 10.9. The van der Waals surface area contributed by atoms with Gasteiger partial charge in [-0.25, -0.2) is 14.5 Å². The molecule has 1 amide bonds. The maximum atomic E-state index is 11.9. The van der Waals surface area contributed by atoms with Crippen LogP contribution in [-0.4, -0.2) is 31.7 Å². The van der Waals surface area contributed by atoms with Gasteiger partial charge in [-0.1, -0.05) is 30.3 Å². The number of carboxylic acids is 1. The van der Waals surface area contributed by atoms with Crippen molar-refractivity contribution in [3.63, 3.8) is 0 Å². The molecule has 2 rings (SSSR count). The van der Waals surface area contributed by atoms with E-state index in [0.29, 0.717) is 5.56 Å². The third-order valence-corrected chi connectivity index (χ3v) is 2.94. The zero-order chi connectivity index (χ0) is 14.6. The van der Waals surface area contributed by atoms with Gasteiger partial charge >= 0.3 is 5.97 Å². The molecule has 1 heterocycles. The van der Waals surface area contributed by atoms with Gasteiger partial charge in [0, 0.05) is 0 Å². The molecular weight excluding hydrogens is 260 g/mol. The van der Waals surface area contributed by atoms with Crippen molar-refractivity contribution in [3.05, 3.63) is 48.5 Å². The van der Waals surface area contributed by atoms with E-state index in [1.807, 2.05) is 0 Å². The van der Waals surface area contributed by atoms with Crippen LogP contribution < -0.4 is 5.32 Å². The molecule has 104 valence electrons. The number of carbonyl (C=O) groups excluding carboxylic acids is 1. The molecule has 1 atom stereocenters. The highest BCUT2D eigenvalue weighted by molar-refractivity contribution is 5.87. The number of carbonyl (C=O) groups is 2. The first-order valence-corrected chi connectivity index (χ1v) is 5.95. The number of hydrogen-bond donors (Lipinski definition) is 2. The number of carboxylic acid groups (broad SMARTS) is 1. The van der Waals surface area contributed by atoms with Crippen molar-refractivity contribution in [2.75, 3.05) is 0 Å². The van der Waals surface area contributed by atoms with Crippen molar-refractivity contribution < 1.29 is 14.7 Å². The molecule has 2 aromatic rings. The average Bonchev–Trinajstić information content (AvgIpc) is 2.92. The Hall–Kier alpha value is -2.70. The molecule has 7 heteroatoms. The molecular formula is C13H14N4O3. The Morgan fingerprint density at radius 3 is 2.60 bits per heavy atom. The van der Waals surface area contributed by atoms with Crippen LogP contribution in [0.1, 0.15) is 12.5 Å². The number of rotatable bonds is 5. The van der Waals surface area contributed by atoms with Gasteiger partial charge in [0.25, 0.3) is 0 Å². The van der Waals surface area contributed by atoms with E-state index in [4.69, 9.17) is 0 Å². The lowest BCUT2D eigenvalue weighted by atomic mass is 9.92. The van der Waals surface area contributed by atoms with E-state index in [0.717, 1.165) is 0 Å². The Bertz CT molecular complexity index is 597. The van der Waals surface area contributed by atoms with Crippen LogP contribution in [0.25, 0.3) is 0 Å². The predicted octanol–water partition coefficient (Wildman–Crippen LogP) is 0.394. The highest BCUT2D eigenvalue weighted by atomic mass is 16.4. The first-order chi connectivity index (χ1) is 9.52. The topological polar surface area (TPSA) is 97.1 Å². The van der Waals surface area contributed by atoms with Gasteiger partial charge < -0.3 is 10.4 Å². The minimum Gasteiger partial charge on any atom is -0.479 e. The van der Waals surface area contributed by atoms with Gasteiger partial charge in [-0.05, 0) is 12.5 Å². The molecule has 1 unspecified atom stereocenters. The van der Waals surface area contributed by atoms with E-state index in [9.17, 15) is 14.7 Å². The molecule has 0 saturated heterocycles. The summed E-state index contributed by atoms with van der Waals surface area (Å²) in [5.74, 6) is -1.58. The third-order valence-electron chi connectivity index (χ3n) is 2.94. The summed E-state index contributed by atoms with van der Waals surface area (Å²) >= 11 is 0. The molecule has 0 spiro atoms. The predicted molar refractivity (Wildman–Crippen MR) is 69.6 cm³/mol. The number of hydrogen-bond acceptors (Lipinski definition) is 4. The van der Waals surface area contributed by atoms with Gasteiger partial charge in [0.1, 0.15) is 19.2 Å². The van der Waals surface area contributed by atoms with Crippen molar-refractivity contribution in [3.8, 4) is 0 Å². The van der Waals surface area contributed by atoms with E-state index >= 15 is 0 Å². The second kappa shape index (κ2) is 5.52. The molecule has 1 aromatic heterocycles. The zero-order valence-electron chi connectivity index (χ0n) is 10.9. The number of nitrogens with one attached hydrogen (secondary N) is 1. The minimum absolute atomic E-state index is 0.0876. The van der Waals surface area contributed by atoms with Gasteiger partial charge in [-0.15, -0.1) is 0 Å². The molecule has 20 heavy (non-hydrogen) atoms. The molecule has 0 saturated carbocycles.